The van der Waals surface area contributed by atoms with Gasteiger partial charge in [-0.05, 0) is 25.2 Å². The molecule has 102 valence electrons. The summed E-state index contributed by atoms with van der Waals surface area (Å²) in [5.74, 6) is 1.43. The number of nitrogens with zero attached hydrogens (tertiary/aromatic N) is 2. The van der Waals surface area contributed by atoms with E-state index >= 15 is 0 Å². The van der Waals surface area contributed by atoms with Crippen molar-refractivity contribution in [2.75, 3.05) is 21.3 Å². The quantitative estimate of drug-likeness (QED) is 0.892. The fraction of sp³-hybridized carbons (Fsp3) is 0.357. The Kier molecular flexibility index (Phi) is 4.06. The molecule has 0 atom stereocenters. The molecule has 0 radical (unpaired) electrons. The zero-order valence-electron chi connectivity index (χ0n) is 11.7. The van der Waals surface area contributed by atoms with Gasteiger partial charge in [0.1, 0.15) is 0 Å². The number of rotatable bonds is 5. The average Bonchev–Trinajstić information content (AvgIpc) is 2.80. The minimum Gasteiger partial charge on any atom is -0.493 e. The van der Waals surface area contributed by atoms with Crippen LogP contribution in [0, 0.1) is 0 Å². The zero-order chi connectivity index (χ0) is 13.8. The van der Waals surface area contributed by atoms with Crippen molar-refractivity contribution in [2.45, 2.75) is 6.54 Å². The van der Waals surface area contributed by atoms with Crippen LogP contribution in [0.2, 0.25) is 0 Å². The molecule has 0 saturated heterocycles. The second-order valence-electron chi connectivity index (χ2n) is 4.25. The van der Waals surface area contributed by atoms with E-state index in [9.17, 15) is 0 Å². The summed E-state index contributed by atoms with van der Waals surface area (Å²) >= 11 is 0. The Balaban J connectivity index is 2.47. The molecular weight excluding hydrogens is 242 g/mol. The number of aryl methyl sites for hydroxylation is 1. The molecule has 5 heteroatoms. The smallest absolute Gasteiger partial charge is 0.161 e. The summed E-state index contributed by atoms with van der Waals surface area (Å²) in [6.07, 6.45) is 1.82. The lowest BCUT2D eigenvalue weighted by Gasteiger charge is -2.10. The van der Waals surface area contributed by atoms with Gasteiger partial charge in [-0.15, -0.1) is 0 Å². The molecule has 0 amide bonds. The topological polar surface area (TPSA) is 48.3 Å². The fourth-order valence-electron chi connectivity index (χ4n) is 2.06. The Hall–Kier alpha value is -2.01. The molecule has 0 fully saturated rings. The van der Waals surface area contributed by atoms with Crippen LogP contribution in [0.1, 0.15) is 5.69 Å². The summed E-state index contributed by atoms with van der Waals surface area (Å²) in [5.41, 5.74) is 3.11. The number of ether oxygens (including phenoxy) is 2. The second kappa shape index (κ2) is 5.75. The van der Waals surface area contributed by atoms with Crippen LogP contribution in [0.25, 0.3) is 11.3 Å². The molecule has 0 aliphatic rings. The van der Waals surface area contributed by atoms with Crippen molar-refractivity contribution in [3.8, 4) is 22.8 Å². The third-order valence-corrected chi connectivity index (χ3v) is 3.06. The predicted octanol–water partition coefficient (Wildman–Crippen LogP) is 1.82. The molecule has 0 unspecified atom stereocenters. The highest BCUT2D eigenvalue weighted by molar-refractivity contribution is 5.66. The van der Waals surface area contributed by atoms with Crippen LogP contribution in [0.3, 0.4) is 0 Å². The van der Waals surface area contributed by atoms with Crippen LogP contribution in [0.4, 0.5) is 0 Å². The van der Waals surface area contributed by atoms with Gasteiger partial charge in [0.05, 0.1) is 31.9 Å². The molecule has 2 aromatic rings. The van der Waals surface area contributed by atoms with Gasteiger partial charge in [-0.1, -0.05) is 0 Å². The first kappa shape index (κ1) is 13.4. The molecule has 0 aliphatic heterocycles. The summed E-state index contributed by atoms with van der Waals surface area (Å²) in [4.78, 5) is 4.46. The van der Waals surface area contributed by atoms with Gasteiger partial charge in [0.25, 0.3) is 0 Å². The number of methoxy groups -OCH3 is 2. The van der Waals surface area contributed by atoms with E-state index in [0.29, 0.717) is 5.75 Å². The Bertz CT molecular complexity index is 564. The minimum atomic E-state index is 0.709. The van der Waals surface area contributed by atoms with E-state index in [0.717, 1.165) is 29.2 Å². The minimum absolute atomic E-state index is 0.709. The molecular formula is C14H19N3O2. The molecule has 0 saturated carbocycles. The van der Waals surface area contributed by atoms with E-state index in [1.807, 2.05) is 43.2 Å². The van der Waals surface area contributed by atoms with Crippen LogP contribution < -0.4 is 14.8 Å². The summed E-state index contributed by atoms with van der Waals surface area (Å²) in [6, 6.07) is 5.83. The van der Waals surface area contributed by atoms with E-state index in [1.54, 1.807) is 14.2 Å². The average molecular weight is 261 g/mol. The third-order valence-electron chi connectivity index (χ3n) is 3.06. The van der Waals surface area contributed by atoms with Gasteiger partial charge in [0.2, 0.25) is 0 Å². The summed E-state index contributed by atoms with van der Waals surface area (Å²) < 4.78 is 12.6. The molecule has 0 aliphatic carbocycles. The lowest BCUT2D eigenvalue weighted by molar-refractivity contribution is 0.355. The summed E-state index contributed by atoms with van der Waals surface area (Å²) in [6.45, 7) is 0.764. The van der Waals surface area contributed by atoms with Crippen molar-refractivity contribution in [1.29, 1.82) is 0 Å². The molecule has 1 N–H and O–H groups in total. The number of hydrogen-bond acceptors (Lipinski definition) is 4. The number of hydrogen-bond donors (Lipinski definition) is 1. The number of aromatic nitrogens is 2. The van der Waals surface area contributed by atoms with Crippen molar-refractivity contribution in [2.24, 2.45) is 7.05 Å². The third kappa shape index (κ3) is 2.56. The summed E-state index contributed by atoms with van der Waals surface area (Å²) in [7, 11) is 7.18. The molecule has 1 aromatic carbocycles. The van der Waals surface area contributed by atoms with Crippen LogP contribution in [0.15, 0.2) is 24.5 Å². The maximum atomic E-state index is 5.33. The van der Waals surface area contributed by atoms with Gasteiger partial charge < -0.3 is 19.4 Å². The van der Waals surface area contributed by atoms with Crippen LogP contribution in [0.5, 0.6) is 11.5 Å². The van der Waals surface area contributed by atoms with E-state index in [4.69, 9.17) is 9.47 Å². The predicted molar refractivity (Wildman–Crippen MR) is 74.5 cm³/mol. The van der Waals surface area contributed by atoms with Crippen molar-refractivity contribution in [3.63, 3.8) is 0 Å². The molecule has 1 heterocycles. The Labute approximate surface area is 113 Å². The maximum absolute atomic E-state index is 5.33. The zero-order valence-corrected chi connectivity index (χ0v) is 11.7. The Morgan fingerprint density at radius 3 is 2.58 bits per heavy atom. The highest BCUT2D eigenvalue weighted by Crippen LogP contribution is 2.32. The summed E-state index contributed by atoms with van der Waals surface area (Å²) in [5, 5.41) is 3.16. The Morgan fingerprint density at radius 2 is 1.95 bits per heavy atom. The van der Waals surface area contributed by atoms with Gasteiger partial charge in [0, 0.05) is 19.2 Å². The lowest BCUT2D eigenvalue weighted by atomic mass is 10.1. The lowest BCUT2D eigenvalue weighted by Crippen LogP contribution is -2.09. The normalized spacial score (nSPS) is 10.5. The first-order valence-corrected chi connectivity index (χ1v) is 6.08. The van der Waals surface area contributed by atoms with Gasteiger partial charge in [-0.25, -0.2) is 4.98 Å². The SMILES string of the molecule is CNCc1c(-c2ccc(OC)c(OC)c2)ncn1C. The van der Waals surface area contributed by atoms with E-state index in [-0.39, 0.29) is 0 Å². The largest absolute Gasteiger partial charge is 0.493 e. The molecule has 2 rings (SSSR count). The van der Waals surface area contributed by atoms with E-state index in [2.05, 4.69) is 10.3 Å². The van der Waals surface area contributed by atoms with E-state index in [1.165, 1.54) is 0 Å². The van der Waals surface area contributed by atoms with Crippen molar-refractivity contribution in [1.82, 2.24) is 14.9 Å². The molecule has 5 nitrogen and oxygen atoms in total. The van der Waals surface area contributed by atoms with Crippen LogP contribution >= 0.6 is 0 Å². The van der Waals surface area contributed by atoms with Crippen molar-refractivity contribution in [3.05, 3.63) is 30.2 Å². The molecule has 19 heavy (non-hydrogen) atoms. The second-order valence-corrected chi connectivity index (χ2v) is 4.25. The van der Waals surface area contributed by atoms with Gasteiger partial charge in [-0.2, -0.15) is 0 Å². The molecule has 1 aromatic heterocycles. The number of benzene rings is 1. The maximum Gasteiger partial charge on any atom is 0.161 e. The number of nitrogens with one attached hydrogen (secondary N) is 1. The fourth-order valence-corrected chi connectivity index (χ4v) is 2.06. The van der Waals surface area contributed by atoms with Crippen LogP contribution in [-0.2, 0) is 13.6 Å². The van der Waals surface area contributed by atoms with Gasteiger partial charge in [-0.3, -0.25) is 0 Å². The molecule has 0 spiro atoms. The first-order valence-electron chi connectivity index (χ1n) is 6.08. The van der Waals surface area contributed by atoms with Crippen molar-refractivity contribution >= 4 is 0 Å². The van der Waals surface area contributed by atoms with E-state index < -0.39 is 0 Å². The highest BCUT2D eigenvalue weighted by atomic mass is 16.5. The molecule has 0 bridgehead atoms. The van der Waals surface area contributed by atoms with Gasteiger partial charge in [0.15, 0.2) is 11.5 Å². The standard InChI is InChI=1S/C14H19N3O2/c1-15-8-11-14(16-9-17(11)2)10-5-6-12(18-3)13(7-10)19-4/h5-7,9,15H,8H2,1-4H3. The van der Waals surface area contributed by atoms with Crippen molar-refractivity contribution < 1.29 is 9.47 Å². The number of imidazole rings is 1. The highest BCUT2D eigenvalue weighted by Gasteiger charge is 2.13. The monoisotopic (exact) mass is 261 g/mol. The Morgan fingerprint density at radius 1 is 1.21 bits per heavy atom. The van der Waals surface area contributed by atoms with Gasteiger partial charge >= 0.3 is 0 Å². The van der Waals surface area contributed by atoms with Crippen LogP contribution in [-0.4, -0.2) is 30.8 Å². The first-order chi connectivity index (χ1) is 9.21.